The topological polar surface area (TPSA) is 21.6 Å². The van der Waals surface area contributed by atoms with Gasteiger partial charge in [0.05, 0.1) is 0 Å². The number of rotatable bonds is 2. The van der Waals surface area contributed by atoms with E-state index in [1.165, 1.54) is 0 Å². The van der Waals surface area contributed by atoms with E-state index in [2.05, 4.69) is 13.9 Å². The fourth-order valence-corrected chi connectivity index (χ4v) is 1.21. The Bertz CT molecular complexity index is 267. The molecule has 0 saturated carbocycles. The van der Waals surface area contributed by atoms with Gasteiger partial charge in [0.2, 0.25) is 0 Å². The molecule has 1 unspecified atom stereocenters. The Hall–Kier alpha value is 0.147. The van der Waals surface area contributed by atoms with Crippen LogP contribution >= 0.6 is 18.0 Å². The van der Waals surface area contributed by atoms with E-state index in [1.807, 2.05) is 42.0 Å². The molecule has 0 aliphatic heterocycles. The molecule has 0 aliphatic rings. The molecule has 2 nitrogen and oxygen atoms in total. The second-order valence-electron chi connectivity index (χ2n) is 2.05. The fraction of sp³-hybridized carbons (Fsp3) is 0. The van der Waals surface area contributed by atoms with Crippen LogP contribution in [0.25, 0.3) is 0 Å². The van der Waals surface area contributed by atoms with Crippen LogP contribution in [0.3, 0.4) is 0 Å². The first-order valence-electron chi connectivity index (χ1n) is 3.17. The predicted octanol–water partition coefficient (Wildman–Crippen LogP) is 1.69. The number of benzene rings is 1. The minimum absolute atomic E-state index is 0.620. The van der Waals surface area contributed by atoms with Crippen molar-refractivity contribution in [3.63, 3.8) is 0 Å². The van der Waals surface area contributed by atoms with Gasteiger partial charge in [0.25, 0.3) is 0 Å². The zero-order chi connectivity index (χ0) is 8.10. The van der Waals surface area contributed by atoms with E-state index in [1.54, 1.807) is 0 Å². The second kappa shape index (κ2) is 4.91. The Morgan fingerprint density at radius 1 is 1.45 bits per heavy atom. The van der Waals surface area contributed by atoms with Gasteiger partial charge < -0.3 is 0 Å². The molecule has 0 fully saturated rings. The van der Waals surface area contributed by atoms with Gasteiger partial charge in [0, 0.05) is 0 Å². The molecule has 1 aromatic rings. The Morgan fingerprint density at radius 2 is 2.18 bits per heavy atom. The summed E-state index contributed by atoms with van der Waals surface area (Å²) in [7, 11) is 2.87. The Labute approximate surface area is 79.2 Å². The average Bonchev–Trinajstić information content (AvgIpc) is 2.03. The zero-order valence-corrected chi connectivity index (χ0v) is 8.24. The van der Waals surface area contributed by atoms with Crippen molar-refractivity contribution < 1.29 is 4.52 Å². The van der Waals surface area contributed by atoms with Gasteiger partial charge in [-0.15, -0.1) is 0 Å². The summed E-state index contributed by atoms with van der Waals surface area (Å²) in [5.41, 5.74) is 0. The van der Waals surface area contributed by atoms with E-state index in [0.717, 1.165) is 9.99 Å². The SMILES string of the molecule is [Li][c]1ccccc1OP=NP. The van der Waals surface area contributed by atoms with Crippen molar-refractivity contribution in [2.24, 2.45) is 4.52 Å². The normalized spacial score (nSPS) is 10.5. The van der Waals surface area contributed by atoms with Crippen LogP contribution in [0.5, 0.6) is 5.75 Å². The third-order valence-corrected chi connectivity index (χ3v) is 1.94. The maximum absolute atomic E-state index is 5.27. The third-order valence-electron chi connectivity index (χ3n) is 1.28. The summed E-state index contributed by atoms with van der Waals surface area (Å²) in [5, 5.41) is 0. The van der Waals surface area contributed by atoms with E-state index in [0.29, 0.717) is 8.60 Å². The van der Waals surface area contributed by atoms with Crippen LogP contribution in [0.4, 0.5) is 0 Å². The molecule has 5 heteroatoms. The van der Waals surface area contributed by atoms with E-state index >= 15 is 0 Å². The van der Waals surface area contributed by atoms with Gasteiger partial charge in [-0.1, -0.05) is 0 Å². The van der Waals surface area contributed by atoms with Crippen molar-refractivity contribution in [1.29, 1.82) is 0 Å². The zero-order valence-electron chi connectivity index (χ0n) is 6.19. The number of hydrogen-bond donors (Lipinski definition) is 0. The molecule has 0 bridgehead atoms. The Balaban J connectivity index is 2.77. The quantitative estimate of drug-likeness (QED) is 0.497. The van der Waals surface area contributed by atoms with Gasteiger partial charge >= 0.3 is 79.0 Å². The summed E-state index contributed by atoms with van der Waals surface area (Å²) < 4.78 is 10.1. The summed E-state index contributed by atoms with van der Waals surface area (Å²) >= 11 is 2.01. The molecule has 0 radical (unpaired) electrons. The summed E-state index contributed by atoms with van der Waals surface area (Å²) in [6.07, 6.45) is 0. The van der Waals surface area contributed by atoms with Gasteiger partial charge in [0.15, 0.2) is 0 Å². The van der Waals surface area contributed by atoms with E-state index < -0.39 is 0 Å². The molecule has 0 amide bonds. The maximum atomic E-state index is 5.27. The van der Waals surface area contributed by atoms with Gasteiger partial charge in [-0.25, -0.2) is 0 Å². The van der Waals surface area contributed by atoms with Gasteiger partial charge in [-0.2, -0.15) is 0 Å². The standard InChI is InChI=1S/C6H6NOP2.Li/c9-7-10-8-6-4-2-1-3-5-6;/h1-4H,9H2;. The predicted molar refractivity (Wildman–Crippen MR) is 51.5 cm³/mol. The molecule has 0 heterocycles. The first-order chi connectivity index (χ1) is 5.34. The molecule has 0 aliphatic carbocycles. The van der Waals surface area contributed by atoms with Crippen molar-refractivity contribution in [3.05, 3.63) is 24.3 Å². The summed E-state index contributed by atoms with van der Waals surface area (Å²) in [4.78, 5) is 0. The number of para-hydroxylation sites is 1. The molecule has 11 heavy (non-hydrogen) atoms. The molecular formula is C6H6LiNOP2. The van der Waals surface area contributed by atoms with Crippen molar-refractivity contribution >= 4 is 39.9 Å². The Morgan fingerprint density at radius 3 is 2.82 bits per heavy atom. The van der Waals surface area contributed by atoms with Gasteiger partial charge in [-0.3, -0.25) is 0 Å². The van der Waals surface area contributed by atoms with E-state index in [4.69, 9.17) is 4.52 Å². The first-order valence-corrected chi connectivity index (χ1v) is 4.45. The van der Waals surface area contributed by atoms with E-state index in [9.17, 15) is 0 Å². The van der Waals surface area contributed by atoms with Crippen LogP contribution in [0.15, 0.2) is 28.8 Å². The van der Waals surface area contributed by atoms with Crippen LogP contribution in [0.1, 0.15) is 0 Å². The summed E-state index contributed by atoms with van der Waals surface area (Å²) in [6, 6.07) is 7.86. The van der Waals surface area contributed by atoms with Gasteiger partial charge in [0.1, 0.15) is 0 Å². The van der Waals surface area contributed by atoms with Crippen LogP contribution in [-0.4, -0.2) is 17.7 Å². The number of nitrogens with zero attached hydrogens (tertiary/aromatic N) is 1. The second-order valence-corrected chi connectivity index (χ2v) is 3.32. The Kier molecular flexibility index (Phi) is 4.12. The molecule has 0 saturated heterocycles. The molecule has 1 rings (SSSR count). The van der Waals surface area contributed by atoms with Crippen molar-refractivity contribution in [2.45, 2.75) is 0 Å². The van der Waals surface area contributed by atoms with Gasteiger partial charge in [-0.05, 0) is 0 Å². The molecule has 0 spiro atoms. The molecule has 0 N–H and O–H groups in total. The number of hydrogen-bond acceptors (Lipinski definition) is 2. The third kappa shape index (κ3) is 2.94. The van der Waals surface area contributed by atoms with Crippen molar-refractivity contribution in [1.82, 2.24) is 0 Å². The minimum atomic E-state index is 0.620. The van der Waals surface area contributed by atoms with E-state index in [-0.39, 0.29) is 0 Å². The van der Waals surface area contributed by atoms with Crippen LogP contribution < -0.4 is 8.76 Å². The van der Waals surface area contributed by atoms with Crippen molar-refractivity contribution in [2.75, 3.05) is 0 Å². The van der Waals surface area contributed by atoms with Crippen LogP contribution in [0, 0.1) is 0 Å². The van der Waals surface area contributed by atoms with Crippen molar-refractivity contribution in [3.8, 4) is 5.75 Å². The molecule has 1 aromatic carbocycles. The molecule has 0 aromatic heterocycles. The summed E-state index contributed by atoms with van der Waals surface area (Å²) in [6.45, 7) is 0. The monoisotopic (exact) mass is 177 g/mol. The van der Waals surface area contributed by atoms with Crippen LogP contribution in [-0.2, 0) is 0 Å². The summed E-state index contributed by atoms with van der Waals surface area (Å²) in [5.74, 6) is 0.889. The van der Waals surface area contributed by atoms with Crippen LogP contribution in [0.2, 0.25) is 0 Å². The fourth-order valence-electron chi connectivity index (χ4n) is 0.726. The molecular weight excluding hydrogens is 171 g/mol. The molecule has 1 atom stereocenters. The first kappa shape index (κ1) is 9.24. The average molecular weight is 177 g/mol. The molecule has 52 valence electrons.